The lowest BCUT2D eigenvalue weighted by atomic mass is 9.95. The van der Waals surface area contributed by atoms with Gasteiger partial charge in [-0.25, -0.2) is 0 Å². The number of alkyl halides is 1. The minimum Gasteiger partial charge on any atom is -0.370 e. The van der Waals surface area contributed by atoms with Crippen molar-refractivity contribution < 1.29 is 9.66 Å². The molecule has 0 N–H and O–H groups in total. The van der Waals surface area contributed by atoms with Crippen molar-refractivity contribution in [2.45, 2.75) is 36.3 Å². The summed E-state index contributed by atoms with van der Waals surface area (Å²) in [6, 6.07) is 17.0. The van der Waals surface area contributed by atoms with Crippen molar-refractivity contribution in [3.8, 4) is 0 Å². The Morgan fingerprint density at radius 3 is 2.43 bits per heavy atom. The van der Waals surface area contributed by atoms with E-state index in [1.54, 1.807) is 24.3 Å². The molecule has 4 nitrogen and oxygen atoms in total. The zero-order chi connectivity index (χ0) is 16.2. The highest BCUT2D eigenvalue weighted by atomic mass is 79.9. The van der Waals surface area contributed by atoms with Crippen LogP contribution in [-0.2, 0) is 11.2 Å². The van der Waals surface area contributed by atoms with Gasteiger partial charge in [0.2, 0.25) is 0 Å². The lowest BCUT2D eigenvalue weighted by molar-refractivity contribution is -0.384. The number of ether oxygens (including phenoxy) is 1. The van der Waals surface area contributed by atoms with Gasteiger partial charge in [0.1, 0.15) is 0 Å². The lowest BCUT2D eigenvalue weighted by Crippen LogP contribution is -2.30. The predicted molar refractivity (Wildman–Crippen MR) is 92.8 cm³/mol. The third-order valence-corrected chi connectivity index (χ3v) is 4.87. The van der Waals surface area contributed by atoms with E-state index in [0.29, 0.717) is 4.83 Å². The molecule has 2 aromatic carbocycles. The first-order valence-electron chi connectivity index (χ1n) is 7.69. The van der Waals surface area contributed by atoms with Crippen LogP contribution in [0.25, 0.3) is 0 Å². The van der Waals surface area contributed by atoms with Crippen LogP contribution in [0.15, 0.2) is 54.6 Å². The third kappa shape index (κ3) is 4.18. The molecule has 1 aliphatic rings. The number of hydrogen-bond acceptors (Lipinski definition) is 3. The highest BCUT2D eigenvalue weighted by Gasteiger charge is 2.29. The second-order valence-corrected chi connectivity index (χ2v) is 7.15. The molecule has 3 rings (SSSR count). The smallest absolute Gasteiger partial charge is 0.269 e. The average Bonchev–Trinajstić information content (AvgIpc) is 2.55. The molecule has 1 saturated heterocycles. The maximum atomic E-state index is 10.8. The van der Waals surface area contributed by atoms with Gasteiger partial charge in [0.05, 0.1) is 17.1 Å². The topological polar surface area (TPSA) is 52.4 Å². The Kier molecular flexibility index (Phi) is 5.08. The molecule has 3 unspecified atom stereocenters. The van der Waals surface area contributed by atoms with Crippen molar-refractivity contribution >= 4 is 21.6 Å². The van der Waals surface area contributed by atoms with Crippen molar-refractivity contribution in [1.29, 1.82) is 0 Å². The first-order valence-corrected chi connectivity index (χ1v) is 8.61. The molecular weight excluding hydrogens is 358 g/mol. The molecule has 1 aliphatic heterocycles. The highest BCUT2D eigenvalue weighted by molar-refractivity contribution is 9.09. The number of hydrogen-bond donors (Lipinski definition) is 0. The van der Waals surface area contributed by atoms with Gasteiger partial charge in [-0.3, -0.25) is 10.1 Å². The maximum absolute atomic E-state index is 10.8. The molecule has 23 heavy (non-hydrogen) atoms. The minimum atomic E-state index is -0.378. The summed E-state index contributed by atoms with van der Waals surface area (Å²) in [6.07, 6.45) is 2.85. The van der Waals surface area contributed by atoms with E-state index in [9.17, 15) is 10.1 Å². The fourth-order valence-corrected chi connectivity index (χ4v) is 3.75. The largest absolute Gasteiger partial charge is 0.370 e. The molecule has 2 aromatic rings. The van der Waals surface area contributed by atoms with Gasteiger partial charge in [-0.15, -0.1) is 0 Å². The van der Waals surface area contributed by atoms with Gasteiger partial charge < -0.3 is 4.74 Å². The summed E-state index contributed by atoms with van der Waals surface area (Å²) < 4.78 is 6.25. The van der Waals surface area contributed by atoms with E-state index in [0.717, 1.165) is 24.8 Å². The van der Waals surface area contributed by atoms with E-state index in [-0.39, 0.29) is 22.8 Å². The molecule has 0 amide bonds. The zero-order valence-electron chi connectivity index (χ0n) is 12.6. The number of nitro groups is 1. The molecule has 0 bridgehead atoms. The molecule has 0 saturated carbocycles. The second-order valence-electron chi connectivity index (χ2n) is 5.85. The van der Waals surface area contributed by atoms with E-state index < -0.39 is 0 Å². The molecule has 3 atom stereocenters. The summed E-state index contributed by atoms with van der Waals surface area (Å²) in [5.74, 6) is 0. The van der Waals surface area contributed by atoms with Crippen LogP contribution < -0.4 is 0 Å². The summed E-state index contributed by atoms with van der Waals surface area (Å²) >= 11 is 3.73. The Morgan fingerprint density at radius 1 is 1.09 bits per heavy atom. The Morgan fingerprint density at radius 2 is 1.78 bits per heavy atom. The Bertz CT molecular complexity index is 660. The average molecular weight is 376 g/mol. The molecule has 120 valence electrons. The third-order valence-electron chi connectivity index (χ3n) is 4.13. The summed E-state index contributed by atoms with van der Waals surface area (Å²) in [5, 5.41) is 10.8. The molecule has 1 fully saturated rings. The van der Waals surface area contributed by atoms with Gasteiger partial charge in [0, 0.05) is 17.0 Å². The molecule has 0 spiro atoms. The van der Waals surface area contributed by atoms with Crippen molar-refractivity contribution in [1.82, 2.24) is 0 Å². The van der Waals surface area contributed by atoms with Crippen LogP contribution in [0.3, 0.4) is 0 Å². The van der Waals surface area contributed by atoms with Crippen LogP contribution in [0, 0.1) is 10.1 Å². The number of halogens is 1. The summed E-state index contributed by atoms with van der Waals surface area (Å²) in [6.45, 7) is 0. The van der Waals surface area contributed by atoms with Gasteiger partial charge in [-0.05, 0) is 42.5 Å². The Labute approximate surface area is 143 Å². The highest BCUT2D eigenvalue weighted by Crippen LogP contribution is 2.36. The predicted octanol–water partition coefficient (Wildman–Crippen LogP) is 4.82. The minimum absolute atomic E-state index is 0.0253. The fraction of sp³-hybridized carbons (Fsp3) is 0.333. The summed E-state index contributed by atoms with van der Waals surface area (Å²) in [7, 11) is 0. The van der Waals surface area contributed by atoms with Crippen molar-refractivity contribution in [2.75, 3.05) is 0 Å². The Balaban J connectivity index is 1.71. The first-order chi connectivity index (χ1) is 11.1. The van der Waals surface area contributed by atoms with E-state index in [1.807, 2.05) is 18.2 Å². The number of rotatable bonds is 4. The quantitative estimate of drug-likeness (QED) is 0.437. The van der Waals surface area contributed by atoms with Crippen LogP contribution in [0.1, 0.15) is 30.1 Å². The van der Waals surface area contributed by atoms with Crippen LogP contribution in [0.5, 0.6) is 0 Å². The number of benzene rings is 2. The van der Waals surface area contributed by atoms with Crippen LogP contribution in [-0.4, -0.2) is 15.9 Å². The number of nitro benzene ring substituents is 1. The molecule has 0 aromatic heterocycles. The van der Waals surface area contributed by atoms with E-state index in [4.69, 9.17) is 4.74 Å². The SMILES string of the molecule is O=[N+]([O-])c1ccc(C2CC(Br)CC(Cc3ccccc3)O2)cc1. The second kappa shape index (κ2) is 7.23. The number of non-ortho nitro benzene ring substituents is 1. The van der Waals surface area contributed by atoms with Crippen LogP contribution in [0.4, 0.5) is 5.69 Å². The van der Waals surface area contributed by atoms with Crippen molar-refractivity contribution in [3.63, 3.8) is 0 Å². The van der Waals surface area contributed by atoms with Gasteiger partial charge in [0.15, 0.2) is 0 Å². The zero-order valence-corrected chi connectivity index (χ0v) is 14.2. The molecule has 1 heterocycles. The van der Waals surface area contributed by atoms with E-state index in [1.165, 1.54) is 5.56 Å². The summed E-state index contributed by atoms with van der Waals surface area (Å²) in [4.78, 5) is 10.8. The van der Waals surface area contributed by atoms with Crippen LogP contribution >= 0.6 is 15.9 Å². The van der Waals surface area contributed by atoms with E-state index in [2.05, 4.69) is 28.1 Å². The van der Waals surface area contributed by atoms with Crippen molar-refractivity contribution in [3.05, 3.63) is 75.8 Å². The lowest BCUT2D eigenvalue weighted by Gasteiger charge is -2.33. The molecular formula is C18H18BrNO3. The van der Waals surface area contributed by atoms with Gasteiger partial charge in [-0.2, -0.15) is 0 Å². The maximum Gasteiger partial charge on any atom is 0.269 e. The van der Waals surface area contributed by atoms with Crippen molar-refractivity contribution in [2.24, 2.45) is 0 Å². The van der Waals surface area contributed by atoms with Gasteiger partial charge >= 0.3 is 0 Å². The standard InChI is InChI=1S/C18H18BrNO3/c19-15-11-17(10-13-4-2-1-3-5-13)23-18(12-15)14-6-8-16(9-7-14)20(21)22/h1-9,15,17-18H,10-12H2. The van der Waals surface area contributed by atoms with Gasteiger partial charge in [0.25, 0.3) is 5.69 Å². The monoisotopic (exact) mass is 375 g/mol. The van der Waals surface area contributed by atoms with Gasteiger partial charge in [-0.1, -0.05) is 46.3 Å². The van der Waals surface area contributed by atoms with Crippen LogP contribution in [0.2, 0.25) is 0 Å². The molecule has 0 aliphatic carbocycles. The first kappa shape index (κ1) is 16.1. The molecule has 5 heteroatoms. The fourth-order valence-electron chi connectivity index (χ4n) is 2.99. The van der Waals surface area contributed by atoms with E-state index >= 15 is 0 Å². The molecule has 0 radical (unpaired) electrons. The summed E-state index contributed by atoms with van der Waals surface area (Å²) in [5.41, 5.74) is 2.38. The number of nitrogens with zero attached hydrogens (tertiary/aromatic N) is 1. The normalized spacial score (nSPS) is 24.3. The Hall–Kier alpha value is -1.72.